The number of methoxy groups -OCH3 is 3. The first-order valence-corrected chi connectivity index (χ1v) is 9.05. The van der Waals surface area contributed by atoms with Gasteiger partial charge in [0.1, 0.15) is 0 Å². The second kappa shape index (κ2) is 10.4. The lowest BCUT2D eigenvalue weighted by Gasteiger charge is -2.32. The highest BCUT2D eigenvalue weighted by atomic mass is 16.7. The number of benzene rings is 1. The van der Waals surface area contributed by atoms with E-state index in [0.717, 1.165) is 0 Å². The van der Waals surface area contributed by atoms with Crippen LogP contribution in [0.3, 0.4) is 0 Å². The number of ether oxygens (including phenoxy) is 5. The van der Waals surface area contributed by atoms with Gasteiger partial charge in [0.15, 0.2) is 11.5 Å². The first kappa shape index (κ1) is 22.1. The van der Waals surface area contributed by atoms with Crippen LogP contribution in [0.2, 0.25) is 0 Å². The van der Waals surface area contributed by atoms with Gasteiger partial charge < -0.3 is 33.9 Å². The fourth-order valence-corrected chi connectivity index (χ4v) is 3.00. The van der Waals surface area contributed by atoms with Gasteiger partial charge in [0.25, 0.3) is 5.91 Å². The van der Waals surface area contributed by atoms with Gasteiger partial charge in [-0.3, -0.25) is 9.59 Å². The maximum absolute atomic E-state index is 12.7. The van der Waals surface area contributed by atoms with Crippen LogP contribution in [0.4, 0.5) is 4.79 Å². The summed E-state index contributed by atoms with van der Waals surface area (Å²) in [4.78, 5) is 37.0. The molecule has 1 unspecified atom stereocenters. The second-order valence-corrected chi connectivity index (χ2v) is 6.34. The van der Waals surface area contributed by atoms with Gasteiger partial charge in [0.2, 0.25) is 12.5 Å². The van der Waals surface area contributed by atoms with Crippen molar-refractivity contribution in [3.05, 3.63) is 17.7 Å². The molecule has 2 amide bonds. The smallest absolute Gasteiger partial charge is 0.412 e. The number of likely N-dealkylation sites (tertiary alicyclic amines) is 1. The number of carbonyl (C=O) groups is 3. The van der Waals surface area contributed by atoms with E-state index in [4.69, 9.17) is 18.9 Å². The highest BCUT2D eigenvalue weighted by molar-refractivity contribution is 5.95. The molecule has 1 fully saturated rings. The lowest BCUT2D eigenvalue weighted by molar-refractivity contribution is -0.149. The summed E-state index contributed by atoms with van der Waals surface area (Å²) in [5.74, 6) is 0.273. The quantitative estimate of drug-likeness (QED) is 0.532. The first-order chi connectivity index (χ1) is 13.9. The number of esters is 1. The molecule has 2 rings (SSSR count). The third kappa shape index (κ3) is 5.90. The van der Waals surface area contributed by atoms with Crippen LogP contribution >= 0.6 is 0 Å². The van der Waals surface area contributed by atoms with E-state index >= 15 is 0 Å². The average Bonchev–Trinajstić information content (AvgIpc) is 2.72. The molecule has 1 saturated heterocycles. The number of carbonyl (C=O) groups excluding carboxylic acids is 3. The zero-order valence-corrected chi connectivity index (χ0v) is 17.0. The number of nitrogens with zero attached hydrogens (tertiary/aromatic N) is 1. The molecule has 0 bridgehead atoms. The van der Waals surface area contributed by atoms with Gasteiger partial charge in [-0.1, -0.05) is 0 Å². The zero-order chi connectivity index (χ0) is 21.4. The minimum Gasteiger partial charge on any atom is -0.493 e. The molecule has 29 heavy (non-hydrogen) atoms. The van der Waals surface area contributed by atoms with Crippen LogP contribution in [0.15, 0.2) is 12.1 Å². The Hall–Kier alpha value is -3.17. The maximum Gasteiger partial charge on any atom is 0.412 e. The molecule has 1 N–H and O–H groups in total. The summed E-state index contributed by atoms with van der Waals surface area (Å²) in [7, 11) is 4.43. The molecule has 1 aliphatic rings. The Balaban J connectivity index is 2.01. The van der Waals surface area contributed by atoms with E-state index < -0.39 is 18.9 Å². The molecular formula is C19H26N2O8. The summed E-state index contributed by atoms with van der Waals surface area (Å²) in [6.07, 6.45) is 0.810. The van der Waals surface area contributed by atoms with Gasteiger partial charge in [-0.2, -0.15) is 0 Å². The number of nitrogens with one attached hydrogen (secondary N) is 1. The van der Waals surface area contributed by atoms with Crippen LogP contribution in [0.5, 0.6) is 17.2 Å². The molecule has 0 spiro atoms. The molecular weight excluding hydrogens is 384 g/mol. The Kier molecular flexibility index (Phi) is 7.93. The van der Waals surface area contributed by atoms with Crippen molar-refractivity contribution in [1.82, 2.24) is 10.2 Å². The minimum absolute atomic E-state index is 0.253. The van der Waals surface area contributed by atoms with E-state index in [1.165, 1.54) is 33.2 Å². The SMILES string of the molecule is COc1cc(C(=O)NC2CCCN(C(=O)OCOC(C)=O)C2)cc(OC)c1OC. The molecule has 1 atom stereocenters. The molecule has 0 radical (unpaired) electrons. The summed E-state index contributed by atoms with van der Waals surface area (Å²) < 4.78 is 25.3. The minimum atomic E-state index is -0.599. The van der Waals surface area contributed by atoms with Gasteiger partial charge in [-0.05, 0) is 25.0 Å². The molecule has 1 heterocycles. The summed E-state index contributed by atoms with van der Waals surface area (Å²) in [6.45, 7) is 1.57. The Morgan fingerprint density at radius 3 is 2.28 bits per heavy atom. The topological polar surface area (TPSA) is 113 Å². The summed E-state index contributed by atoms with van der Waals surface area (Å²) in [5, 5.41) is 2.91. The van der Waals surface area contributed by atoms with Crippen molar-refractivity contribution in [1.29, 1.82) is 0 Å². The molecule has 1 aromatic rings. The predicted molar refractivity (Wildman–Crippen MR) is 101 cm³/mol. The highest BCUT2D eigenvalue weighted by Gasteiger charge is 2.27. The van der Waals surface area contributed by atoms with Crippen molar-refractivity contribution in [3.8, 4) is 17.2 Å². The molecule has 1 aromatic carbocycles. The number of hydrogen-bond donors (Lipinski definition) is 1. The maximum atomic E-state index is 12.7. The molecule has 0 saturated carbocycles. The van der Waals surface area contributed by atoms with E-state index in [2.05, 4.69) is 10.1 Å². The Morgan fingerprint density at radius 1 is 1.07 bits per heavy atom. The third-order valence-electron chi connectivity index (χ3n) is 4.39. The van der Waals surface area contributed by atoms with Crippen molar-refractivity contribution in [3.63, 3.8) is 0 Å². The van der Waals surface area contributed by atoms with Gasteiger partial charge in [-0.25, -0.2) is 4.79 Å². The first-order valence-electron chi connectivity index (χ1n) is 9.05. The van der Waals surface area contributed by atoms with Crippen LogP contribution < -0.4 is 19.5 Å². The van der Waals surface area contributed by atoms with Gasteiger partial charge in [0, 0.05) is 31.6 Å². The fraction of sp³-hybridized carbons (Fsp3) is 0.526. The standard InChI is InChI=1S/C19H26N2O8/c1-12(22)28-11-29-19(24)21-7-5-6-14(10-21)20-18(23)13-8-15(25-2)17(27-4)16(9-13)26-3/h8-9,14H,5-7,10-11H2,1-4H3,(H,20,23). The lowest BCUT2D eigenvalue weighted by Crippen LogP contribution is -2.49. The Bertz CT molecular complexity index is 727. The molecule has 10 heteroatoms. The van der Waals surface area contributed by atoms with Gasteiger partial charge in [0.05, 0.1) is 21.3 Å². The molecule has 10 nitrogen and oxygen atoms in total. The average molecular weight is 410 g/mol. The van der Waals surface area contributed by atoms with Crippen LogP contribution in [0.25, 0.3) is 0 Å². The predicted octanol–water partition coefficient (Wildman–Crippen LogP) is 1.56. The summed E-state index contributed by atoms with van der Waals surface area (Å²) in [6, 6.07) is 2.87. The van der Waals surface area contributed by atoms with E-state index in [9.17, 15) is 14.4 Å². The van der Waals surface area contributed by atoms with Crippen molar-refractivity contribution in [2.24, 2.45) is 0 Å². The molecule has 0 aliphatic carbocycles. The third-order valence-corrected chi connectivity index (χ3v) is 4.39. The van der Waals surface area contributed by atoms with E-state index in [-0.39, 0.29) is 18.5 Å². The monoisotopic (exact) mass is 410 g/mol. The van der Waals surface area contributed by atoms with Crippen molar-refractivity contribution < 1.29 is 38.1 Å². The largest absolute Gasteiger partial charge is 0.493 e. The van der Waals surface area contributed by atoms with Gasteiger partial charge in [-0.15, -0.1) is 0 Å². The number of rotatable bonds is 7. The van der Waals surface area contributed by atoms with Crippen LogP contribution in [0, 0.1) is 0 Å². The highest BCUT2D eigenvalue weighted by Crippen LogP contribution is 2.38. The Morgan fingerprint density at radius 2 is 1.72 bits per heavy atom. The van der Waals surface area contributed by atoms with Crippen LogP contribution in [0.1, 0.15) is 30.1 Å². The number of amides is 2. The number of piperidine rings is 1. The zero-order valence-electron chi connectivity index (χ0n) is 17.0. The van der Waals surface area contributed by atoms with Crippen LogP contribution in [-0.2, 0) is 14.3 Å². The molecule has 1 aliphatic heterocycles. The van der Waals surface area contributed by atoms with E-state index in [0.29, 0.717) is 42.2 Å². The van der Waals surface area contributed by atoms with E-state index in [1.807, 2.05) is 0 Å². The molecule has 0 aromatic heterocycles. The van der Waals surface area contributed by atoms with Crippen molar-refractivity contribution in [2.75, 3.05) is 41.2 Å². The Labute approximate surface area is 169 Å². The second-order valence-electron chi connectivity index (χ2n) is 6.34. The summed E-state index contributed by atoms with van der Waals surface area (Å²) >= 11 is 0. The lowest BCUT2D eigenvalue weighted by atomic mass is 10.1. The van der Waals surface area contributed by atoms with Crippen molar-refractivity contribution >= 4 is 18.0 Å². The normalized spacial score (nSPS) is 15.9. The van der Waals surface area contributed by atoms with Crippen molar-refractivity contribution in [2.45, 2.75) is 25.8 Å². The fourth-order valence-electron chi connectivity index (χ4n) is 3.00. The summed E-state index contributed by atoms with van der Waals surface area (Å²) in [5.41, 5.74) is 0.342. The molecule has 160 valence electrons. The van der Waals surface area contributed by atoms with E-state index in [1.54, 1.807) is 12.1 Å². The van der Waals surface area contributed by atoms with Gasteiger partial charge >= 0.3 is 12.1 Å². The number of hydrogen-bond acceptors (Lipinski definition) is 8. The van der Waals surface area contributed by atoms with Crippen LogP contribution in [-0.4, -0.2) is 70.1 Å².